The molecule has 3 atom stereocenters. The van der Waals surface area contributed by atoms with Crippen molar-refractivity contribution in [2.75, 3.05) is 14.2 Å². The average molecular weight is 515 g/mol. The Labute approximate surface area is 206 Å². The smallest absolute Gasteiger partial charge is 0.428 e. The summed E-state index contributed by atoms with van der Waals surface area (Å²) in [5, 5.41) is 11.5. The molecule has 36 heavy (non-hydrogen) atoms. The fraction of sp³-hybridized carbons (Fsp3) is 0.292. The average Bonchev–Trinajstić information content (AvgIpc) is 3.23. The molecule has 11 nitrogen and oxygen atoms in total. The Morgan fingerprint density at radius 3 is 2.44 bits per heavy atom. The highest BCUT2D eigenvalue weighted by Gasteiger charge is 2.65. The Morgan fingerprint density at radius 2 is 1.83 bits per heavy atom. The van der Waals surface area contributed by atoms with Crippen molar-refractivity contribution in [1.82, 2.24) is 0 Å². The van der Waals surface area contributed by atoms with Crippen LogP contribution in [0.25, 0.3) is 0 Å². The van der Waals surface area contributed by atoms with Gasteiger partial charge in [-0.25, -0.2) is 0 Å². The molecule has 1 heterocycles. The van der Waals surface area contributed by atoms with E-state index in [2.05, 4.69) is 11.0 Å². The highest BCUT2D eigenvalue weighted by Crippen LogP contribution is 2.59. The SMILES string of the molecule is C=C[C@H]1CC(C(=O)OC)(C(=O)OC)[C@H](c2cccc([N+](=O)[O-])c2)[C@H]1C1=NS(=O)(=O)Oc2ccccc21. The highest BCUT2D eigenvalue weighted by molar-refractivity contribution is 7.86. The highest BCUT2D eigenvalue weighted by atomic mass is 32.2. The van der Waals surface area contributed by atoms with Crippen LogP contribution in [0.15, 0.2) is 65.6 Å². The van der Waals surface area contributed by atoms with Gasteiger partial charge in [-0.3, -0.25) is 19.7 Å². The Balaban J connectivity index is 2.07. The fourth-order valence-corrected chi connectivity index (χ4v) is 6.13. The van der Waals surface area contributed by atoms with Gasteiger partial charge in [0.05, 0.1) is 24.9 Å². The van der Waals surface area contributed by atoms with Gasteiger partial charge < -0.3 is 13.7 Å². The standard InChI is InChI=1S/C24H22N2O9S/c1-4-14-13-24(22(27)33-2,23(28)34-3)20(15-8-7-9-16(12-15)26(29)30)19(14)21-17-10-5-6-11-18(17)35-36(31,32)25-21/h4-12,14,19-20H,1,13H2,2-3H3/t14-,19-,20+/m0/s1. The van der Waals surface area contributed by atoms with Gasteiger partial charge >= 0.3 is 22.2 Å². The van der Waals surface area contributed by atoms with Crippen molar-refractivity contribution < 1.29 is 36.6 Å². The zero-order chi connectivity index (χ0) is 26.3. The third-order valence-electron chi connectivity index (χ3n) is 6.64. The normalized spacial score (nSPS) is 23.4. The number of esters is 2. The van der Waals surface area contributed by atoms with Gasteiger partial charge in [-0.15, -0.1) is 11.0 Å². The molecular weight excluding hydrogens is 492 g/mol. The Hall–Kier alpha value is -4.06. The van der Waals surface area contributed by atoms with E-state index in [1.807, 2.05) is 0 Å². The monoisotopic (exact) mass is 514 g/mol. The zero-order valence-corrected chi connectivity index (χ0v) is 20.1. The maximum absolute atomic E-state index is 13.3. The number of fused-ring (bicyclic) bond motifs is 1. The predicted octanol–water partition coefficient (Wildman–Crippen LogP) is 2.96. The van der Waals surface area contributed by atoms with Crippen molar-refractivity contribution in [2.45, 2.75) is 12.3 Å². The van der Waals surface area contributed by atoms with Gasteiger partial charge in [0.25, 0.3) is 5.69 Å². The third kappa shape index (κ3) is 3.92. The van der Waals surface area contributed by atoms with E-state index in [1.54, 1.807) is 18.2 Å². The van der Waals surface area contributed by atoms with Crippen molar-refractivity contribution in [2.24, 2.45) is 21.6 Å². The molecule has 1 aliphatic carbocycles. The van der Waals surface area contributed by atoms with E-state index < -0.39 is 50.3 Å². The maximum Gasteiger partial charge on any atom is 0.428 e. The Bertz CT molecular complexity index is 1380. The third-order valence-corrected chi connectivity index (χ3v) is 7.45. The summed E-state index contributed by atoms with van der Waals surface area (Å²) in [6.07, 6.45) is 1.34. The first-order valence-electron chi connectivity index (χ1n) is 10.8. The summed E-state index contributed by atoms with van der Waals surface area (Å²) in [4.78, 5) is 37.6. The number of non-ortho nitro benzene ring substituents is 1. The molecule has 0 bridgehead atoms. The second-order valence-corrected chi connectivity index (χ2v) is 9.60. The number of nitrogens with zero attached hydrogens (tertiary/aromatic N) is 2. The van der Waals surface area contributed by atoms with E-state index in [1.165, 1.54) is 36.4 Å². The number of nitro benzene ring substituents is 1. The van der Waals surface area contributed by atoms with Crippen molar-refractivity contribution in [3.8, 4) is 5.75 Å². The second kappa shape index (κ2) is 9.19. The summed E-state index contributed by atoms with van der Waals surface area (Å²) in [5.41, 5.74) is -1.64. The van der Waals surface area contributed by atoms with E-state index >= 15 is 0 Å². The van der Waals surface area contributed by atoms with E-state index in [4.69, 9.17) is 13.7 Å². The molecule has 2 aromatic rings. The lowest BCUT2D eigenvalue weighted by Crippen LogP contribution is -2.45. The van der Waals surface area contributed by atoms with Crippen LogP contribution < -0.4 is 4.18 Å². The summed E-state index contributed by atoms with van der Waals surface area (Å²) in [7, 11) is -2.20. The van der Waals surface area contributed by atoms with Crippen LogP contribution in [0.1, 0.15) is 23.5 Å². The number of para-hydroxylation sites is 1. The fourth-order valence-electron chi connectivity index (χ4n) is 5.25. The first-order valence-corrected chi connectivity index (χ1v) is 12.1. The van der Waals surface area contributed by atoms with E-state index in [0.717, 1.165) is 14.2 Å². The molecule has 0 spiro atoms. The van der Waals surface area contributed by atoms with Gasteiger partial charge in [-0.05, 0) is 30.0 Å². The second-order valence-electron chi connectivity index (χ2n) is 8.40. The van der Waals surface area contributed by atoms with Gasteiger partial charge in [-0.2, -0.15) is 8.42 Å². The molecule has 1 saturated carbocycles. The summed E-state index contributed by atoms with van der Waals surface area (Å²) >= 11 is 0. The lowest BCUT2D eigenvalue weighted by molar-refractivity contribution is -0.385. The number of hydrogen-bond acceptors (Lipinski definition) is 9. The van der Waals surface area contributed by atoms with Crippen LogP contribution in [-0.4, -0.2) is 45.2 Å². The van der Waals surface area contributed by atoms with E-state index in [9.17, 15) is 28.1 Å². The van der Waals surface area contributed by atoms with Crippen molar-refractivity contribution in [3.63, 3.8) is 0 Å². The number of nitro groups is 1. The molecule has 1 aliphatic heterocycles. The lowest BCUT2D eigenvalue weighted by Gasteiger charge is -2.34. The first kappa shape index (κ1) is 25.0. The number of hydrogen-bond donors (Lipinski definition) is 0. The number of ether oxygens (including phenoxy) is 2. The number of allylic oxidation sites excluding steroid dienone is 1. The van der Waals surface area contributed by atoms with Crippen LogP contribution in [0.4, 0.5) is 5.69 Å². The molecule has 0 unspecified atom stereocenters. The van der Waals surface area contributed by atoms with Crippen molar-refractivity contribution in [1.29, 1.82) is 0 Å². The van der Waals surface area contributed by atoms with Crippen LogP contribution in [0.5, 0.6) is 5.75 Å². The van der Waals surface area contributed by atoms with Gasteiger partial charge in [-0.1, -0.05) is 30.3 Å². The largest absolute Gasteiger partial charge is 0.468 e. The minimum atomic E-state index is -4.42. The molecule has 12 heteroatoms. The summed E-state index contributed by atoms with van der Waals surface area (Å²) in [6.45, 7) is 3.84. The molecule has 0 aromatic heterocycles. The minimum Gasteiger partial charge on any atom is -0.468 e. The summed E-state index contributed by atoms with van der Waals surface area (Å²) < 4.78 is 44.2. The van der Waals surface area contributed by atoms with Crippen molar-refractivity contribution in [3.05, 3.63) is 82.4 Å². The van der Waals surface area contributed by atoms with Crippen LogP contribution in [0, 0.1) is 27.4 Å². The molecule has 0 radical (unpaired) electrons. The molecule has 2 aliphatic rings. The quantitative estimate of drug-likeness (QED) is 0.186. The topological polar surface area (TPSA) is 151 Å². The van der Waals surface area contributed by atoms with Crippen LogP contribution in [0.2, 0.25) is 0 Å². The van der Waals surface area contributed by atoms with Gasteiger partial charge in [0.1, 0.15) is 0 Å². The van der Waals surface area contributed by atoms with Crippen LogP contribution in [0.3, 0.4) is 0 Å². The number of rotatable bonds is 6. The molecule has 4 rings (SSSR count). The minimum absolute atomic E-state index is 0.0248. The molecule has 188 valence electrons. The molecule has 1 fully saturated rings. The van der Waals surface area contributed by atoms with Gasteiger partial charge in [0, 0.05) is 29.5 Å². The molecule has 0 N–H and O–H groups in total. The number of benzene rings is 2. The van der Waals surface area contributed by atoms with E-state index in [0.29, 0.717) is 5.56 Å². The lowest BCUT2D eigenvalue weighted by atomic mass is 9.69. The molecule has 2 aromatic carbocycles. The molecular formula is C24H22N2O9S. The van der Waals surface area contributed by atoms with Crippen molar-refractivity contribution >= 4 is 33.6 Å². The summed E-state index contributed by atoms with van der Waals surface area (Å²) in [5.74, 6) is -4.60. The Morgan fingerprint density at radius 1 is 1.17 bits per heavy atom. The molecule has 0 saturated heterocycles. The Kier molecular flexibility index (Phi) is 6.39. The zero-order valence-electron chi connectivity index (χ0n) is 19.3. The first-order chi connectivity index (χ1) is 17.1. The predicted molar refractivity (Wildman–Crippen MR) is 127 cm³/mol. The summed E-state index contributed by atoms with van der Waals surface area (Å²) in [6, 6.07) is 11.7. The number of carbonyl (C=O) groups is 2. The number of carbonyl (C=O) groups excluding carboxylic acids is 2. The van der Waals surface area contributed by atoms with Gasteiger partial charge in [0.2, 0.25) is 0 Å². The van der Waals surface area contributed by atoms with E-state index in [-0.39, 0.29) is 29.1 Å². The number of methoxy groups -OCH3 is 2. The van der Waals surface area contributed by atoms with Crippen LogP contribution in [-0.2, 0) is 29.4 Å². The molecule has 0 amide bonds. The maximum atomic E-state index is 13.3. The van der Waals surface area contributed by atoms with Gasteiger partial charge in [0.15, 0.2) is 11.2 Å². The van der Waals surface area contributed by atoms with Crippen LogP contribution >= 0.6 is 0 Å².